The Morgan fingerprint density at radius 1 is 1.43 bits per heavy atom. The SMILES string of the molecule is Cc1nc(-c2c[nH]c(C(=O)NCCCN3CCNCC3)c2)cs1. The zero-order valence-corrected chi connectivity index (χ0v) is 14.2. The fraction of sp³-hybridized carbons (Fsp3) is 0.500. The van der Waals surface area contributed by atoms with Crippen molar-refractivity contribution in [3.05, 3.63) is 28.3 Å². The number of thiazole rings is 1. The van der Waals surface area contributed by atoms with Crippen LogP contribution in [0.15, 0.2) is 17.6 Å². The average molecular weight is 333 g/mol. The molecule has 1 aliphatic heterocycles. The van der Waals surface area contributed by atoms with Crippen molar-refractivity contribution in [3.8, 4) is 11.3 Å². The molecule has 0 aliphatic carbocycles. The van der Waals surface area contributed by atoms with E-state index in [1.165, 1.54) is 0 Å². The van der Waals surface area contributed by atoms with Crippen molar-refractivity contribution in [2.24, 2.45) is 0 Å². The molecule has 0 atom stereocenters. The molecule has 2 aromatic rings. The Hall–Kier alpha value is -1.70. The molecule has 0 saturated carbocycles. The first-order valence-electron chi connectivity index (χ1n) is 8.04. The molecule has 0 unspecified atom stereocenters. The van der Waals surface area contributed by atoms with E-state index in [1.807, 2.05) is 24.6 Å². The Morgan fingerprint density at radius 3 is 3.00 bits per heavy atom. The molecule has 23 heavy (non-hydrogen) atoms. The van der Waals surface area contributed by atoms with Crippen LogP contribution in [0.1, 0.15) is 21.9 Å². The number of hydrogen-bond donors (Lipinski definition) is 3. The third-order valence-corrected chi connectivity index (χ3v) is 4.76. The highest BCUT2D eigenvalue weighted by Crippen LogP contribution is 2.22. The van der Waals surface area contributed by atoms with E-state index < -0.39 is 0 Å². The van der Waals surface area contributed by atoms with Crippen LogP contribution in [0, 0.1) is 6.92 Å². The fourth-order valence-corrected chi connectivity index (χ4v) is 3.33. The molecule has 1 saturated heterocycles. The van der Waals surface area contributed by atoms with Crippen LogP contribution in [0.3, 0.4) is 0 Å². The minimum absolute atomic E-state index is 0.0523. The second-order valence-corrected chi connectivity index (χ2v) is 6.82. The average Bonchev–Trinajstić information content (AvgIpc) is 3.21. The van der Waals surface area contributed by atoms with Gasteiger partial charge in [-0.1, -0.05) is 0 Å². The first-order valence-corrected chi connectivity index (χ1v) is 8.92. The second-order valence-electron chi connectivity index (χ2n) is 5.75. The molecule has 3 rings (SSSR count). The monoisotopic (exact) mass is 333 g/mol. The molecule has 1 aliphatic rings. The number of carbonyl (C=O) groups excluding carboxylic acids is 1. The Bertz CT molecular complexity index is 644. The van der Waals surface area contributed by atoms with E-state index in [9.17, 15) is 4.79 Å². The molecule has 3 heterocycles. The van der Waals surface area contributed by atoms with Crippen LogP contribution < -0.4 is 10.6 Å². The zero-order chi connectivity index (χ0) is 16.1. The lowest BCUT2D eigenvalue weighted by Gasteiger charge is -2.27. The summed E-state index contributed by atoms with van der Waals surface area (Å²) in [6.07, 6.45) is 2.81. The van der Waals surface area contributed by atoms with E-state index in [1.54, 1.807) is 11.3 Å². The Balaban J connectivity index is 1.44. The summed E-state index contributed by atoms with van der Waals surface area (Å²) in [5.74, 6) is -0.0523. The minimum atomic E-state index is -0.0523. The van der Waals surface area contributed by atoms with Gasteiger partial charge < -0.3 is 20.5 Å². The molecule has 0 radical (unpaired) electrons. The maximum absolute atomic E-state index is 12.2. The number of H-pyrrole nitrogens is 1. The number of amides is 1. The number of rotatable bonds is 6. The Kier molecular flexibility index (Phi) is 5.43. The standard InChI is InChI=1S/C16H23N5OS/c1-12-20-15(11-23-12)13-9-14(19-10-13)16(22)18-3-2-6-21-7-4-17-5-8-21/h9-11,17,19H,2-8H2,1H3,(H,18,22). The molecule has 0 spiro atoms. The number of nitrogens with zero attached hydrogens (tertiary/aromatic N) is 2. The van der Waals surface area contributed by atoms with Gasteiger partial charge in [0.05, 0.1) is 10.7 Å². The smallest absolute Gasteiger partial charge is 0.267 e. The van der Waals surface area contributed by atoms with E-state index in [4.69, 9.17) is 0 Å². The first-order chi connectivity index (χ1) is 11.2. The molecule has 0 aromatic carbocycles. The van der Waals surface area contributed by atoms with Crippen LogP contribution in [0.5, 0.6) is 0 Å². The second kappa shape index (κ2) is 7.72. The molecule has 0 bridgehead atoms. The number of carbonyl (C=O) groups is 1. The van der Waals surface area contributed by atoms with Crippen molar-refractivity contribution in [1.82, 2.24) is 25.5 Å². The quantitative estimate of drug-likeness (QED) is 0.700. The summed E-state index contributed by atoms with van der Waals surface area (Å²) in [6.45, 7) is 8.04. The predicted octanol–water partition coefficient (Wildman–Crippen LogP) is 1.47. The molecular weight excluding hydrogens is 310 g/mol. The van der Waals surface area contributed by atoms with Crippen LogP contribution in [0.2, 0.25) is 0 Å². The van der Waals surface area contributed by atoms with Crippen LogP contribution in [-0.2, 0) is 0 Å². The highest BCUT2D eigenvalue weighted by atomic mass is 32.1. The lowest BCUT2D eigenvalue weighted by molar-refractivity contribution is 0.0947. The van der Waals surface area contributed by atoms with Crippen molar-refractivity contribution in [3.63, 3.8) is 0 Å². The maximum atomic E-state index is 12.2. The van der Waals surface area contributed by atoms with Crippen molar-refractivity contribution in [2.75, 3.05) is 39.3 Å². The maximum Gasteiger partial charge on any atom is 0.267 e. The van der Waals surface area contributed by atoms with Crippen molar-refractivity contribution in [1.29, 1.82) is 0 Å². The lowest BCUT2D eigenvalue weighted by atomic mass is 10.2. The normalized spacial score (nSPS) is 15.7. The molecule has 124 valence electrons. The number of aromatic nitrogens is 2. The molecule has 1 fully saturated rings. The van der Waals surface area contributed by atoms with Gasteiger partial charge >= 0.3 is 0 Å². The summed E-state index contributed by atoms with van der Waals surface area (Å²) >= 11 is 1.61. The summed E-state index contributed by atoms with van der Waals surface area (Å²) < 4.78 is 0. The third kappa shape index (κ3) is 4.40. The number of aryl methyl sites for hydroxylation is 1. The molecule has 2 aromatic heterocycles. The van der Waals surface area contributed by atoms with Gasteiger partial charge in [-0.3, -0.25) is 4.79 Å². The van der Waals surface area contributed by atoms with Crippen molar-refractivity contribution < 1.29 is 4.79 Å². The molecule has 1 amide bonds. The summed E-state index contributed by atoms with van der Waals surface area (Å²) in [7, 11) is 0. The molecule has 7 heteroatoms. The predicted molar refractivity (Wildman–Crippen MR) is 92.9 cm³/mol. The van der Waals surface area contributed by atoms with E-state index in [-0.39, 0.29) is 5.91 Å². The van der Waals surface area contributed by atoms with Crippen LogP contribution in [-0.4, -0.2) is 60.0 Å². The summed E-state index contributed by atoms with van der Waals surface area (Å²) in [4.78, 5) is 22.1. The number of piperazine rings is 1. The van der Waals surface area contributed by atoms with Crippen LogP contribution in [0.25, 0.3) is 11.3 Å². The fourth-order valence-electron chi connectivity index (χ4n) is 2.70. The number of hydrogen-bond acceptors (Lipinski definition) is 5. The first kappa shape index (κ1) is 16.2. The van der Waals surface area contributed by atoms with Crippen molar-refractivity contribution in [2.45, 2.75) is 13.3 Å². The highest BCUT2D eigenvalue weighted by Gasteiger charge is 2.12. The molecule has 3 N–H and O–H groups in total. The largest absolute Gasteiger partial charge is 0.357 e. The van der Waals surface area contributed by atoms with Crippen LogP contribution >= 0.6 is 11.3 Å². The van der Waals surface area contributed by atoms with E-state index >= 15 is 0 Å². The summed E-state index contributed by atoms with van der Waals surface area (Å²) in [5.41, 5.74) is 2.47. The Morgan fingerprint density at radius 2 is 2.26 bits per heavy atom. The van der Waals surface area contributed by atoms with Gasteiger partial charge in [0.2, 0.25) is 0 Å². The third-order valence-electron chi connectivity index (χ3n) is 3.99. The van der Waals surface area contributed by atoms with Gasteiger partial charge in [0.15, 0.2) is 0 Å². The van der Waals surface area contributed by atoms with Gasteiger partial charge in [0.1, 0.15) is 5.69 Å². The zero-order valence-electron chi connectivity index (χ0n) is 13.4. The van der Waals surface area contributed by atoms with Gasteiger partial charge in [-0.2, -0.15) is 0 Å². The highest BCUT2D eigenvalue weighted by molar-refractivity contribution is 7.09. The topological polar surface area (TPSA) is 73.0 Å². The van der Waals surface area contributed by atoms with E-state index in [0.29, 0.717) is 12.2 Å². The minimum Gasteiger partial charge on any atom is -0.357 e. The molecular formula is C16H23N5OS. The van der Waals surface area contributed by atoms with Gasteiger partial charge in [-0.15, -0.1) is 11.3 Å². The van der Waals surface area contributed by atoms with Gasteiger partial charge in [0.25, 0.3) is 5.91 Å². The number of nitrogens with one attached hydrogen (secondary N) is 3. The van der Waals surface area contributed by atoms with Crippen LogP contribution in [0.4, 0.5) is 0 Å². The number of aromatic amines is 1. The summed E-state index contributed by atoms with van der Waals surface area (Å²) in [5, 5.41) is 9.36. The van der Waals surface area contributed by atoms with E-state index in [2.05, 4.69) is 25.5 Å². The Labute approximate surface area is 140 Å². The van der Waals surface area contributed by atoms with Gasteiger partial charge in [-0.25, -0.2) is 4.98 Å². The lowest BCUT2D eigenvalue weighted by Crippen LogP contribution is -2.44. The van der Waals surface area contributed by atoms with Gasteiger partial charge in [0, 0.05) is 49.9 Å². The summed E-state index contributed by atoms with van der Waals surface area (Å²) in [6, 6.07) is 1.86. The molecule has 6 nitrogen and oxygen atoms in total. The van der Waals surface area contributed by atoms with Gasteiger partial charge in [-0.05, 0) is 26.0 Å². The van der Waals surface area contributed by atoms with Crippen molar-refractivity contribution >= 4 is 17.2 Å². The van der Waals surface area contributed by atoms with E-state index in [0.717, 1.165) is 55.4 Å².